The van der Waals surface area contributed by atoms with Crippen molar-refractivity contribution in [3.05, 3.63) is 0 Å². The molecule has 0 amide bonds. The van der Waals surface area contributed by atoms with Gasteiger partial charge in [-0.05, 0) is 44.7 Å². The molecule has 3 rings (SSSR count). The summed E-state index contributed by atoms with van der Waals surface area (Å²) in [6, 6.07) is 1.32. The van der Waals surface area contributed by atoms with E-state index < -0.39 is 0 Å². The van der Waals surface area contributed by atoms with Gasteiger partial charge in [-0.3, -0.25) is 4.90 Å². The van der Waals surface area contributed by atoms with Crippen molar-refractivity contribution in [2.75, 3.05) is 32.7 Å². The summed E-state index contributed by atoms with van der Waals surface area (Å²) in [6.45, 7) is 6.48. The van der Waals surface area contributed by atoms with Crippen LogP contribution < -0.4 is 5.73 Å². The fourth-order valence-corrected chi connectivity index (χ4v) is 3.65. The van der Waals surface area contributed by atoms with Gasteiger partial charge in [-0.2, -0.15) is 12.6 Å². The standard InChI is InChI=1S/C13H25N3S/c14-11-5-12(6-11)16-8-10(9-16)7-15-3-1-13(17)2-4-15/h10-13,17H,1-9,14H2. The third kappa shape index (κ3) is 2.80. The quantitative estimate of drug-likeness (QED) is 0.732. The lowest BCUT2D eigenvalue weighted by Gasteiger charge is -2.51. The molecular formula is C13H25N3S. The van der Waals surface area contributed by atoms with Crippen LogP contribution in [0.2, 0.25) is 0 Å². The van der Waals surface area contributed by atoms with E-state index in [4.69, 9.17) is 5.73 Å². The topological polar surface area (TPSA) is 32.5 Å². The molecule has 2 saturated heterocycles. The molecule has 17 heavy (non-hydrogen) atoms. The van der Waals surface area contributed by atoms with Crippen LogP contribution in [-0.4, -0.2) is 59.9 Å². The van der Waals surface area contributed by atoms with E-state index in [0.29, 0.717) is 11.3 Å². The summed E-state index contributed by atoms with van der Waals surface area (Å²) in [5.74, 6) is 0.920. The average Bonchev–Trinajstić information content (AvgIpc) is 2.22. The Morgan fingerprint density at radius 1 is 1.12 bits per heavy atom. The Bertz CT molecular complexity index is 253. The fraction of sp³-hybridized carbons (Fsp3) is 1.00. The van der Waals surface area contributed by atoms with Gasteiger partial charge in [0.25, 0.3) is 0 Å². The summed E-state index contributed by atoms with van der Waals surface area (Å²) in [7, 11) is 0. The van der Waals surface area contributed by atoms with Crippen LogP contribution in [0.4, 0.5) is 0 Å². The Hall–Kier alpha value is 0.230. The SMILES string of the molecule is NC1CC(N2CC(CN3CCC(S)CC3)C2)C1. The highest BCUT2D eigenvalue weighted by Gasteiger charge is 2.38. The van der Waals surface area contributed by atoms with E-state index in [1.165, 1.54) is 58.4 Å². The zero-order valence-electron chi connectivity index (χ0n) is 10.6. The molecule has 3 aliphatic rings. The first-order chi connectivity index (χ1) is 8.20. The maximum Gasteiger partial charge on any atom is 0.0125 e. The normalized spacial score (nSPS) is 37.8. The molecule has 0 aromatic rings. The highest BCUT2D eigenvalue weighted by molar-refractivity contribution is 7.80. The van der Waals surface area contributed by atoms with E-state index in [1.54, 1.807) is 0 Å². The molecule has 0 aromatic heterocycles. The minimum Gasteiger partial charge on any atom is -0.328 e. The van der Waals surface area contributed by atoms with Crippen LogP contribution in [-0.2, 0) is 0 Å². The van der Waals surface area contributed by atoms with E-state index in [0.717, 1.165) is 12.0 Å². The smallest absolute Gasteiger partial charge is 0.0125 e. The second-order valence-corrected chi connectivity index (χ2v) is 6.97. The van der Waals surface area contributed by atoms with Crippen molar-refractivity contribution >= 4 is 12.6 Å². The molecule has 3 nitrogen and oxygen atoms in total. The Balaban J connectivity index is 1.33. The zero-order chi connectivity index (χ0) is 11.8. The lowest BCUT2D eigenvalue weighted by atomic mass is 9.82. The minimum absolute atomic E-state index is 0.494. The maximum atomic E-state index is 5.84. The molecule has 2 heterocycles. The van der Waals surface area contributed by atoms with Gasteiger partial charge >= 0.3 is 0 Å². The van der Waals surface area contributed by atoms with Crippen LogP contribution in [0.5, 0.6) is 0 Å². The first-order valence-corrected chi connectivity index (χ1v) is 7.62. The molecule has 1 aliphatic carbocycles. The van der Waals surface area contributed by atoms with Crippen LogP contribution in [0.25, 0.3) is 0 Å². The number of nitrogens with zero attached hydrogens (tertiary/aromatic N) is 2. The van der Waals surface area contributed by atoms with Crippen LogP contribution >= 0.6 is 12.6 Å². The molecule has 4 heteroatoms. The van der Waals surface area contributed by atoms with Crippen molar-refractivity contribution in [2.45, 2.75) is 43.0 Å². The number of nitrogens with two attached hydrogens (primary N) is 1. The lowest BCUT2D eigenvalue weighted by molar-refractivity contribution is -0.00714. The van der Waals surface area contributed by atoms with Crippen molar-refractivity contribution in [1.29, 1.82) is 0 Å². The monoisotopic (exact) mass is 255 g/mol. The molecule has 0 spiro atoms. The van der Waals surface area contributed by atoms with Crippen LogP contribution in [0.15, 0.2) is 0 Å². The lowest BCUT2D eigenvalue weighted by Crippen LogP contribution is -2.61. The molecule has 0 aromatic carbocycles. The maximum absolute atomic E-state index is 5.84. The minimum atomic E-state index is 0.494. The van der Waals surface area contributed by atoms with E-state index in [9.17, 15) is 0 Å². The van der Waals surface area contributed by atoms with Crippen LogP contribution in [0.3, 0.4) is 0 Å². The Labute approximate surface area is 110 Å². The molecule has 3 fully saturated rings. The van der Waals surface area contributed by atoms with Gasteiger partial charge in [-0.25, -0.2) is 0 Å². The number of hydrogen-bond acceptors (Lipinski definition) is 4. The van der Waals surface area contributed by atoms with Crippen molar-refractivity contribution in [2.24, 2.45) is 11.7 Å². The Morgan fingerprint density at radius 2 is 1.76 bits per heavy atom. The van der Waals surface area contributed by atoms with Crippen molar-refractivity contribution in [1.82, 2.24) is 9.80 Å². The molecule has 0 atom stereocenters. The summed E-state index contributed by atoms with van der Waals surface area (Å²) in [6.07, 6.45) is 5.02. The van der Waals surface area contributed by atoms with Gasteiger partial charge in [-0.15, -0.1) is 0 Å². The number of thiol groups is 1. The number of rotatable bonds is 3. The highest BCUT2D eigenvalue weighted by atomic mass is 32.1. The van der Waals surface area contributed by atoms with Crippen LogP contribution in [0, 0.1) is 5.92 Å². The summed E-state index contributed by atoms with van der Waals surface area (Å²) in [4.78, 5) is 5.28. The third-order valence-electron chi connectivity index (χ3n) is 4.72. The summed E-state index contributed by atoms with van der Waals surface area (Å²) in [5, 5.41) is 0.653. The predicted molar refractivity (Wildman–Crippen MR) is 74.5 cm³/mol. The Kier molecular flexibility index (Phi) is 3.67. The van der Waals surface area contributed by atoms with Gasteiger partial charge in [0.05, 0.1) is 0 Å². The molecule has 0 bridgehead atoms. The average molecular weight is 255 g/mol. The molecule has 2 N–H and O–H groups in total. The molecule has 0 unspecified atom stereocenters. The first-order valence-electron chi connectivity index (χ1n) is 7.11. The molecule has 1 saturated carbocycles. The van der Waals surface area contributed by atoms with Crippen molar-refractivity contribution < 1.29 is 0 Å². The van der Waals surface area contributed by atoms with E-state index in [2.05, 4.69) is 22.4 Å². The summed E-state index contributed by atoms with van der Waals surface area (Å²) >= 11 is 4.55. The molecule has 98 valence electrons. The number of hydrogen-bond donors (Lipinski definition) is 2. The van der Waals surface area contributed by atoms with Gasteiger partial charge in [0.15, 0.2) is 0 Å². The largest absolute Gasteiger partial charge is 0.328 e. The van der Waals surface area contributed by atoms with Gasteiger partial charge in [-0.1, -0.05) is 0 Å². The van der Waals surface area contributed by atoms with Gasteiger partial charge in [0.2, 0.25) is 0 Å². The second kappa shape index (κ2) is 5.08. The second-order valence-electron chi connectivity index (χ2n) is 6.24. The summed E-state index contributed by atoms with van der Waals surface area (Å²) in [5.41, 5.74) is 5.84. The van der Waals surface area contributed by atoms with Gasteiger partial charge in [0.1, 0.15) is 0 Å². The number of piperidine rings is 1. The zero-order valence-corrected chi connectivity index (χ0v) is 11.5. The fourth-order valence-electron chi connectivity index (χ4n) is 3.42. The van der Waals surface area contributed by atoms with Crippen molar-refractivity contribution in [3.63, 3.8) is 0 Å². The molecule has 2 aliphatic heterocycles. The molecule has 0 radical (unpaired) electrons. The van der Waals surface area contributed by atoms with E-state index >= 15 is 0 Å². The van der Waals surface area contributed by atoms with Gasteiger partial charge in [0, 0.05) is 37.0 Å². The Morgan fingerprint density at radius 3 is 2.35 bits per heavy atom. The van der Waals surface area contributed by atoms with Crippen molar-refractivity contribution in [3.8, 4) is 0 Å². The molecular weight excluding hydrogens is 230 g/mol. The third-order valence-corrected chi connectivity index (χ3v) is 5.24. The highest BCUT2D eigenvalue weighted by Crippen LogP contribution is 2.30. The van der Waals surface area contributed by atoms with Gasteiger partial charge < -0.3 is 10.6 Å². The van der Waals surface area contributed by atoms with E-state index in [-0.39, 0.29) is 0 Å². The number of likely N-dealkylation sites (tertiary alicyclic amines) is 2. The first kappa shape index (κ1) is 12.3. The van der Waals surface area contributed by atoms with Crippen LogP contribution in [0.1, 0.15) is 25.7 Å². The van der Waals surface area contributed by atoms with E-state index in [1.807, 2.05) is 0 Å². The predicted octanol–water partition coefficient (Wildman–Crippen LogP) is 0.802. The summed E-state index contributed by atoms with van der Waals surface area (Å²) < 4.78 is 0.